The van der Waals surface area contributed by atoms with Gasteiger partial charge in [-0.05, 0) is 17.7 Å². The van der Waals surface area contributed by atoms with Crippen molar-refractivity contribution in [3.05, 3.63) is 35.4 Å². The predicted molar refractivity (Wildman–Crippen MR) is 53.0 cm³/mol. The van der Waals surface area contributed by atoms with Gasteiger partial charge < -0.3 is 10.1 Å². The highest BCUT2D eigenvalue weighted by molar-refractivity contribution is 5.68. The number of ether oxygens (including phenoxy) is 1. The number of alkyl carbamates (subject to hydrolysis) is 1. The maximum absolute atomic E-state index is 11.0. The van der Waals surface area contributed by atoms with Crippen LogP contribution in [0.1, 0.15) is 23.6 Å². The number of rotatable bonds is 1. The number of nitrogens with one attached hydrogen (secondary N) is 1. The molecule has 1 aromatic carbocycles. The largest absolute Gasteiger partial charge is 0.449 e. The van der Waals surface area contributed by atoms with Gasteiger partial charge >= 0.3 is 6.09 Å². The molecule has 4 nitrogen and oxygen atoms in total. The smallest absolute Gasteiger partial charge is 0.407 e. The Morgan fingerprint density at radius 3 is 2.73 bits per heavy atom. The van der Waals surface area contributed by atoms with Crippen LogP contribution >= 0.6 is 0 Å². The molecule has 0 aromatic heterocycles. The van der Waals surface area contributed by atoms with E-state index in [-0.39, 0.29) is 12.1 Å². The molecule has 0 unspecified atom stereocenters. The second kappa shape index (κ2) is 4.01. The summed E-state index contributed by atoms with van der Waals surface area (Å²) < 4.78 is 4.77. The molecule has 15 heavy (non-hydrogen) atoms. The Morgan fingerprint density at radius 2 is 2.13 bits per heavy atom. The molecule has 1 N–H and O–H groups in total. The molecule has 1 fully saturated rings. The van der Waals surface area contributed by atoms with Crippen molar-refractivity contribution >= 4 is 6.09 Å². The second-order valence-electron chi connectivity index (χ2n) is 3.36. The number of hydrogen-bond donors (Lipinski definition) is 1. The minimum Gasteiger partial charge on any atom is -0.449 e. The number of amides is 1. The maximum Gasteiger partial charge on any atom is 0.407 e. The van der Waals surface area contributed by atoms with Crippen LogP contribution in [-0.4, -0.2) is 12.7 Å². The zero-order valence-corrected chi connectivity index (χ0v) is 8.06. The van der Waals surface area contributed by atoms with Gasteiger partial charge in [-0.1, -0.05) is 12.1 Å². The van der Waals surface area contributed by atoms with Crippen molar-refractivity contribution in [1.29, 1.82) is 5.26 Å². The number of hydrogen-bond acceptors (Lipinski definition) is 3. The summed E-state index contributed by atoms with van der Waals surface area (Å²) in [5, 5.41) is 11.4. The van der Waals surface area contributed by atoms with Crippen LogP contribution in [0.5, 0.6) is 0 Å². The van der Waals surface area contributed by atoms with Gasteiger partial charge in [0.15, 0.2) is 0 Å². The highest BCUT2D eigenvalue weighted by atomic mass is 16.5. The summed E-state index contributed by atoms with van der Waals surface area (Å²) in [7, 11) is 0. The highest BCUT2D eigenvalue weighted by Gasteiger charge is 2.20. The number of nitrogens with zero attached hydrogens (tertiary/aromatic N) is 1. The molecule has 1 amide bonds. The van der Waals surface area contributed by atoms with Gasteiger partial charge in [-0.25, -0.2) is 4.79 Å². The van der Waals surface area contributed by atoms with E-state index in [2.05, 4.69) is 11.4 Å². The summed E-state index contributed by atoms with van der Waals surface area (Å²) in [6.07, 6.45) is 0.382. The number of carbonyl (C=O) groups excluding carboxylic acids is 1. The topological polar surface area (TPSA) is 62.1 Å². The van der Waals surface area contributed by atoms with Crippen LogP contribution in [0.25, 0.3) is 0 Å². The van der Waals surface area contributed by atoms with Crippen molar-refractivity contribution in [3.8, 4) is 6.07 Å². The van der Waals surface area contributed by atoms with Gasteiger partial charge in [-0.2, -0.15) is 5.26 Å². The fourth-order valence-corrected chi connectivity index (χ4v) is 1.57. The van der Waals surface area contributed by atoms with Crippen molar-refractivity contribution in [1.82, 2.24) is 5.32 Å². The third-order valence-corrected chi connectivity index (χ3v) is 2.37. The molecule has 0 spiro atoms. The Morgan fingerprint density at radius 1 is 1.40 bits per heavy atom. The van der Waals surface area contributed by atoms with Gasteiger partial charge in [0.25, 0.3) is 0 Å². The molecule has 1 saturated heterocycles. The van der Waals surface area contributed by atoms with Gasteiger partial charge in [0, 0.05) is 6.42 Å². The first-order chi connectivity index (χ1) is 7.29. The van der Waals surface area contributed by atoms with Gasteiger partial charge in [0.05, 0.1) is 24.3 Å². The average Bonchev–Trinajstić information content (AvgIpc) is 2.29. The first kappa shape index (κ1) is 9.53. The summed E-state index contributed by atoms with van der Waals surface area (Å²) in [5.74, 6) is 0. The Kier molecular flexibility index (Phi) is 2.55. The van der Waals surface area contributed by atoms with E-state index in [0.717, 1.165) is 12.0 Å². The van der Waals surface area contributed by atoms with Gasteiger partial charge in [0.1, 0.15) is 0 Å². The summed E-state index contributed by atoms with van der Waals surface area (Å²) >= 11 is 0. The molecule has 1 aromatic rings. The molecule has 1 atom stereocenters. The van der Waals surface area contributed by atoms with Crippen LogP contribution in [0.4, 0.5) is 4.79 Å². The molecule has 2 rings (SSSR count). The molecule has 0 saturated carbocycles. The molecule has 76 valence electrons. The Bertz CT molecular complexity index is 406. The summed E-state index contributed by atoms with van der Waals surface area (Å²) in [5.41, 5.74) is 1.63. The second-order valence-corrected chi connectivity index (χ2v) is 3.36. The average molecular weight is 202 g/mol. The van der Waals surface area contributed by atoms with Crippen LogP contribution in [0.15, 0.2) is 24.3 Å². The van der Waals surface area contributed by atoms with E-state index in [1.807, 2.05) is 12.1 Å². The third kappa shape index (κ3) is 2.08. The SMILES string of the molecule is N#Cc1ccc([C@H]2CCOC(=O)N2)cc1. The van der Waals surface area contributed by atoms with E-state index in [4.69, 9.17) is 10.00 Å². The molecular weight excluding hydrogens is 192 g/mol. The molecule has 1 heterocycles. The molecule has 0 aliphatic carbocycles. The highest BCUT2D eigenvalue weighted by Crippen LogP contribution is 2.20. The summed E-state index contributed by atoms with van der Waals surface area (Å²) in [4.78, 5) is 11.0. The lowest BCUT2D eigenvalue weighted by atomic mass is 10.0. The zero-order chi connectivity index (χ0) is 10.7. The van der Waals surface area contributed by atoms with E-state index in [9.17, 15) is 4.79 Å². The van der Waals surface area contributed by atoms with Crippen molar-refractivity contribution in [2.45, 2.75) is 12.5 Å². The molecule has 0 radical (unpaired) electrons. The van der Waals surface area contributed by atoms with Crippen molar-refractivity contribution < 1.29 is 9.53 Å². The number of benzene rings is 1. The summed E-state index contributed by atoms with van der Waals surface area (Å²) in [6, 6.07) is 9.26. The van der Waals surface area contributed by atoms with Crippen molar-refractivity contribution in [3.63, 3.8) is 0 Å². The molecule has 4 heteroatoms. The van der Waals surface area contributed by atoms with E-state index >= 15 is 0 Å². The standard InChI is InChI=1S/C11H10N2O2/c12-7-8-1-3-9(4-2-8)10-5-6-15-11(14)13-10/h1-4,10H,5-6H2,(H,13,14)/t10-/m1/s1. The van der Waals surface area contributed by atoms with Crippen LogP contribution in [-0.2, 0) is 4.74 Å². The van der Waals surface area contributed by atoms with E-state index in [0.29, 0.717) is 12.2 Å². The lowest BCUT2D eigenvalue weighted by Crippen LogP contribution is -2.35. The fraction of sp³-hybridized carbons (Fsp3) is 0.273. The first-order valence-electron chi connectivity index (χ1n) is 4.73. The van der Waals surface area contributed by atoms with E-state index in [1.165, 1.54) is 0 Å². The monoisotopic (exact) mass is 202 g/mol. The Balaban J connectivity index is 2.15. The van der Waals surface area contributed by atoms with Gasteiger partial charge in [0.2, 0.25) is 0 Å². The van der Waals surface area contributed by atoms with Gasteiger partial charge in [-0.3, -0.25) is 0 Å². The van der Waals surface area contributed by atoms with Crippen molar-refractivity contribution in [2.24, 2.45) is 0 Å². The fourth-order valence-electron chi connectivity index (χ4n) is 1.57. The lowest BCUT2D eigenvalue weighted by Gasteiger charge is -2.23. The normalized spacial score (nSPS) is 19.9. The predicted octanol–water partition coefficient (Wildman–Crippen LogP) is 1.73. The number of cyclic esters (lactones) is 1. The van der Waals surface area contributed by atoms with Crippen LogP contribution in [0.3, 0.4) is 0 Å². The minimum absolute atomic E-state index is 0.000933. The molecule has 0 bridgehead atoms. The molecular formula is C11H10N2O2. The molecule has 1 aliphatic heterocycles. The Labute approximate surface area is 87.5 Å². The van der Waals surface area contributed by atoms with Gasteiger partial charge in [-0.15, -0.1) is 0 Å². The molecule has 1 aliphatic rings. The third-order valence-electron chi connectivity index (χ3n) is 2.37. The van der Waals surface area contributed by atoms with Crippen LogP contribution in [0, 0.1) is 11.3 Å². The van der Waals surface area contributed by atoms with Crippen molar-refractivity contribution in [2.75, 3.05) is 6.61 Å². The maximum atomic E-state index is 11.0. The van der Waals surface area contributed by atoms with Crippen LogP contribution in [0.2, 0.25) is 0 Å². The lowest BCUT2D eigenvalue weighted by molar-refractivity contribution is 0.115. The zero-order valence-electron chi connectivity index (χ0n) is 8.06. The first-order valence-corrected chi connectivity index (χ1v) is 4.73. The summed E-state index contributed by atoms with van der Waals surface area (Å²) in [6.45, 7) is 0.441. The Hall–Kier alpha value is -2.02. The van der Waals surface area contributed by atoms with Crippen LogP contribution < -0.4 is 5.32 Å². The quantitative estimate of drug-likeness (QED) is 0.754. The number of nitriles is 1. The number of carbonyl (C=O) groups is 1. The minimum atomic E-state index is -0.379. The van der Waals surface area contributed by atoms with E-state index < -0.39 is 0 Å². The van der Waals surface area contributed by atoms with E-state index in [1.54, 1.807) is 12.1 Å².